The first kappa shape index (κ1) is 19.0. The average Bonchev–Trinajstić information content (AvgIpc) is 2.42. The van der Waals surface area contributed by atoms with Crippen molar-refractivity contribution in [2.24, 2.45) is 17.3 Å². The molecule has 1 N–H and O–H groups in total. The summed E-state index contributed by atoms with van der Waals surface area (Å²) < 4.78 is 23.6. The molecule has 0 aromatic rings. The lowest BCUT2D eigenvalue weighted by Crippen LogP contribution is -2.43. The fourth-order valence-electron chi connectivity index (χ4n) is 3.44. The lowest BCUT2D eigenvalue weighted by molar-refractivity contribution is 0.112. The van der Waals surface area contributed by atoms with E-state index in [2.05, 4.69) is 33.0 Å². The topological polar surface area (TPSA) is 46.2 Å². The highest BCUT2D eigenvalue weighted by Gasteiger charge is 2.35. The molecular formula is C17H35NO2S. The second-order valence-electron chi connectivity index (χ2n) is 7.72. The molecule has 4 heteroatoms. The number of sulfone groups is 1. The van der Waals surface area contributed by atoms with Gasteiger partial charge < -0.3 is 5.32 Å². The van der Waals surface area contributed by atoms with Crippen LogP contribution in [0.2, 0.25) is 0 Å². The molecule has 3 nitrogen and oxygen atoms in total. The van der Waals surface area contributed by atoms with Gasteiger partial charge in [-0.3, -0.25) is 0 Å². The van der Waals surface area contributed by atoms with Crippen molar-refractivity contribution >= 4 is 9.84 Å². The van der Waals surface area contributed by atoms with Gasteiger partial charge in [-0.15, -0.1) is 0 Å². The Bertz CT molecular complexity index is 398. The average molecular weight is 318 g/mol. The smallest absolute Gasteiger partial charge is 0.150 e. The highest BCUT2D eigenvalue weighted by molar-refractivity contribution is 7.91. The van der Waals surface area contributed by atoms with Crippen molar-refractivity contribution in [2.45, 2.75) is 72.8 Å². The first-order valence-corrected chi connectivity index (χ1v) is 10.5. The Hall–Kier alpha value is -0.0900. The molecule has 0 spiro atoms. The van der Waals surface area contributed by atoms with E-state index in [0.717, 1.165) is 19.4 Å². The Labute approximate surface area is 132 Å². The maximum Gasteiger partial charge on any atom is 0.150 e. The minimum absolute atomic E-state index is 0.273. The molecule has 0 amide bonds. The van der Waals surface area contributed by atoms with Crippen molar-refractivity contribution in [3.05, 3.63) is 0 Å². The van der Waals surface area contributed by atoms with Crippen molar-refractivity contribution in [1.29, 1.82) is 0 Å². The largest absolute Gasteiger partial charge is 0.314 e. The van der Waals surface area contributed by atoms with Crippen molar-refractivity contribution in [2.75, 3.05) is 18.1 Å². The molecule has 3 atom stereocenters. The van der Waals surface area contributed by atoms with Crippen LogP contribution in [0.15, 0.2) is 0 Å². The van der Waals surface area contributed by atoms with Gasteiger partial charge in [0.1, 0.15) is 9.84 Å². The van der Waals surface area contributed by atoms with Crippen molar-refractivity contribution in [1.82, 2.24) is 5.32 Å². The zero-order valence-electron chi connectivity index (χ0n) is 14.6. The summed E-state index contributed by atoms with van der Waals surface area (Å²) in [4.78, 5) is 0. The van der Waals surface area contributed by atoms with Crippen LogP contribution in [-0.4, -0.2) is 32.5 Å². The van der Waals surface area contributed by atoms with E-state index in [-0.39, 0.29) is 5.75 Å². The minimum Gasteiger partial charge on any atom is -0.314 e. The van der Waals surface area contributed by atoms with Gasteiger partial charge in [-0.2, -0.15) is 0 Å². The van der Waals surface area contributed by atoms with Crippen LogP contribution >= 0.6 is 0 Å². The van der Waals surface area contributed by atoms with Crippen molar-refractivity contribution in [3.8, 4) is 0 Å². The molecule has 0 bridgehead atoms. The van der Waals surface area contributed by atoms with Gasteiger partial charge in [0.15, 0.2) is 0 Å². The van der Waals surface area contributed by atoms with E-state index in [1.807, 2.05) is 0 Å². The maximum atomic E-state index is 11.8. The van der Waals surface area contributed by atoms with Gasteiger partial charge in [0, 0.05) is 11.8 Å². The Morgan fingerprint density at radius 2 is 1.81 bits per heavy atom. The van der Waals surface area contributed by atoms with Crippen LogP contribution in [0.5, 0.6) is 0 Å². The van der Waals surface area contributed by atoms with E-state index in [9.17, 15) is 8.42 Å². The van der Waals surface area contributed by atoms with Gasteiger partial charge in [-0.25, -0.2) is 8.42 Å². The van der Waals surface area contributed by atoms with Crippen molar-refractivity contribution < 1.29 is 8.42 Å². The van der Waals surface area contributed by atoms with Gasteiger partial charge in [0.2, 0.25) is 0 Å². The van der Waals surface area contributed by atoms with E-state index >= 15 is 0 Å². The third-order valence-electron chi connectivity index (χ3n) is 5.10. The zero-order valence-corrected chi connectivity index (χ0v) is 15.4. The van der Waals surface area contributed by atoms with Crippen LogP contribution in [0.25, 0.3) is 0 Å². The quantitative estimate of drug-likeness (QED) is 0.780. The number of hydrogen-bond donors (Lipinski definition) is 1. The zero-order chi connectivity index (χ0) is 16.1. The van der Waals surface area contributed by atoms with Crippen LogP contribution in [0, 0.1) is 17.3 Å². The number of nitrogens with one attached hydrogen (secondary N) is 1. The van der Waals surface area contributed by atoms with Gasteiger partial charge in [-0.1, -0.05) is 34.6 Å². The standard InChI is InChI=1S/C17H35NO2S/c1-6-11-18-16-9-8-15(17(3,4)5)13-14(16)10-12-21(19,20)7-2/h14-16,18H,6-13H2,1-5H3. The molecule has 1 aliphatic rings. The highest BCUT2D eigenvalue weighted by Crippen LogP contribution is 2.41. The molecule has 1 rings (SSSR count). The van der Waals surface area contributed by atoms with E-state index in [1.165, 1.54) is 19.3 Å². The predicted octanol–water partition coefficient (Wildman–Crippen LogP) is 3.64. The summed E-state index contributed by atoms with van der Waals surface area (Å²) in [5.41, 5.74) is 0.331. The fraction of sp³-hybridized carbons (Fsp3) is 1.00. The van der Waals surface area contributed by atoms with E-state index in [1.54, 1.807) is 6.92 Å². The molecule has 1 saturated carbocycles. The summed E-state index contributed by atoms with van der Waals surface area (Å²) >= 11 is 0. The first-order valence-electron chi connectivity index (χ1n) is 8.63. The normalized spacial score (nSPS) is 27.8. The molecule has 0 aromatic heterocycles. The SMILES string of the molecule is CCCNC1CCC(C(C)(C)C)CC1CCS(=O)(=O)CC. The van der Waals surface area contributed by atoms with Crippen LogP contribution in [0.4, 0.5) is 0 Å². The number of rotatable bonds is 7. The molecule has 21 heavy (non-hydrogen) atoms. The fourth-order valence-corrected chi connectivity index (χ4v) is 4.39. The molecule has 1 fully saturated rings. The molecule has 0 aromatic carbocycles. The summed E-state index contributed by atoms with van der Waals surface area (Å²) in [6.07, 6.45) is 5.59. The van der Waals surface area contributed by atoms with Crippen LogP contribution < -0.4 is 5.32 Å². The molecule has 0 radical (unpaired) electrons. The summed E-state index contributed by atoms with van der Waals surface area (Å²) in [6, 6.07) is 0.510. The van der Waals surface area contributed by atoms with E-state index in [4.69, 9.17) is 0 Å². The Morgan fingerprint density at radius 3 is 2.33 bits per heavy atom. The maximum absolute atomic E-state index is 11.8. The number of hydrogen-bond acceptors (Lipinski definition) is 3. The van der Waals surface area contributed by atoms with E-state index in [0.29, 0.717) is 29.0 Å². The Morgan fingerprint density at radius 1 is 1.14 bits per heavy atom. The van der Waals surface area contributed by atoms with Gasteiger partial charge in [0.25, 0.3) is 0 Å². The molecule has 126 valence electrons. The van der Waals surface area contributed by atoms with Crippen LogP contribution in [0.1, 0.15) is 66.7 Å². The molecule has 0 heterocycles. The van der Waals surface area contributed by atoms with Gasteiger partial charge in [-0.05, 0) is 55.9 Å². The Kier molecular flexibility index (Phi) is 7.18. The lowest BCUT2D eigenvalue weighted by atomic mass is 9.67. The molecule has 0 aliphatic heterocycles. The summed E-state index contributed by atoms with van der Waals surface area (Å²) in [7, 11) is -2.84. The van der Waals surface area contributed by atoms with Gasteiger partial charge in [0.05, 0.1) is 5.75 Å². The van der Waals surface area contributed by atoms with Crippen molar-refractivity contribution in [3.63, 3.8) is 0 Å². The molecule has 0 saturated heterocycles. The second kappa shape index (κ2) is 7.96. The minimum atomic E-state index is -2.84. The summed E-state index contributed by atoms with van der Waals surface area (Å²) in [5, 5.41) is 3.65. The van der Waals surface area contributed by atoms with Crippen LogP contribution in [0.3, 0.4) is 0 Å². The molecule has 3 unspecified atom stereocenters. The molecular weight excluding hydrogens is 282 g/mol. The predicted molar refractivity (Wildman–Crippen MR) is 91.3 cm³/mol. The summed E-state index contributed by atoms with van der Waals surface area (Å²) in [5.74, 6) is 1.85. The van der Waals surface area contributed by atoms with E-state index < -0.39 is 9.84 Å². The van der Waals surface area contributed by atoms with Crippen LogP contribution in [-0.2, 0) is 9.84 Å². The third-order valence-corrected chi connectivity index (χ3v) is 6.84. The molecule has 1 aliphatic carbocycles. The Balaban J connectivity index is 2.69. The highest BCUT2D eigenvalue weighted by atomic mass is 32.2. The third kappa shape index (κ3) is 6.27. The first-order chi connectivity index (χ1) is 9.69. The lowest BCUT2D eigenvalue weighted by Gasteiger charge is -2.42. The van der Waals surface area contributed by atoms with Gasteiger partial charge >= 0.3 is 0 Å². The monoisotopic (exact) mass is 317 g/mol. The summed E-state index contributed by atoms with van der Waals surface area (Å²) in [6.45, 7) is 11.9. The second-order valence-corrected chi connectivity index (χ2v) is 10.2.